The van der Waals surface area contributed by atoms with Gasteiger partial charge in [0.25, 0.3) is 0 Å². The summed E-state index contributed by atoms with van der Waals surface area (Å²) in [5, 5.41) is 21.0. The summed E-state index contributed by atoms with van der Waals surface area (Å²) in [6.07, 6.45) is 1.78. The summed E-state index contributed by atoms with van der Waals surface area (Å²) >= 11 is 0. The van der Waals surface area contributed by atoms with E-state index in [0.717, 1.165) is 0 Å². The minimum Gasteiger partial charge on any atom is -0.481 e. The highest BCUT2D eigenvalue weighted by molar-refractivity contribution is 5.75. The van der Waals surface area contributed by atoms with Crippen LogP contribution in [0.5, 0.6) is 0 Å². The highest BCUT2D eigenvalue weighted by Gasteiger charge is 2.33. The Morgan fingerprint density at radius 3 is 2.79 bits per heavy atom. The molecule has 0 aromatic heterocycles. The van der Waals surface area contributed by atoms with Crippen molar-refractivity contribution in [3.63, 3.8) is 0 Å². The average Bonchev–Trinajstić information content (AvgIpc) is 2.87. The van der Waals surface area contributed by atoms with Crippen molar-refractivity contribution in [3.8, 4) is 0 Å². The summed E-state index contributed by atoms with van der Waals surface area (Å²) in [7, 11) is 0. The molecule has 1 aliphatic carbocycles. The molecule has 108 valence electrons. The molecule has 2 aliphatic rings. The van der Waals surface area contributed by atoms with Crippen LogP contribution in [0, 0.1) is 5.92 Å². The average molecular weight is 272 g/mol. The molecule has 1 heterocycles. The SMILES string of the molecule is O=C(O)[C@@H]1CC[C@H](NC(=O)N2CCOCC2CO)C1. The molecule has 0 spiro atoms. The number of urea groups is 1. The lowest BCUT2D eigenvalue weighted by atomic mass is 10.1. The zero-order valence-electron chi connectivity index (χ0n) is 10.7. The number of nitrogens with zero attached hydrogens (tertiary/aromatic N) is 1. The van der Waals surface area contributed by atoms with Crippen molar-refractivity contribution >= 4 is 12.0 Å². The lowest BCUT2D eigenvalue weighted by Gasteiger charge is -2.35. The van der Waals surface area contributed by atoms with Crippen molar-refractivity contribution in [2.45, 2.75) is 31.3 Å². The Morgan fingerprint density at radius 1 is 1.37 bits per heavy atom. The molecule has 1 saturated carbocycles. The zero-order chi connectivity index (χ0) is 13.8. The fraction of sp³-hybridized carbons (Fsp3) is 0.833. The van der Waals surface area contributed by atoms with Crippen molar-refractivity contribution in [2.24, 2.45) is 5.92 Å². The minimum atomic E-state index is -0.795. The number of carboxylic acid groups (broad SMARTS) is 1. The van der Waals surface area contributed by atoms with E-state index in [2.05, 4.69) is 5.32 Å². The first-order chi connectivity index (χ1) is 9.11. The Bertz CT molecular complexity index is 349. The summed E-state index contributed by atoms with van der Waals surface area (Å²) < 4.78 is 5.21. The number of amides is 2. The van der Waals surface area contributed by atoms with Crippen LogP contribution in [0.2, 0.25) is 0 Å². The number of carboxylic acids is 1. The molecular formula is C12H20N2O5. The van der Waals surface area contributed by atoms with Crippen LogP contribution in [0.4, 0.5) is 4.79 Å². The van der Waals surface area contributed by atoms with Crippen LogP contribution in [-0.4, -0.2) is 65.6 Å². The Morgan fingerprint density at radius 2 is 2.16 bits per heavy atom. The second-order valence-corrected chi connectivity index (χ2v) is 5.10. The van der Waals surface area contributed by atoms with Gasteiger partial charge in [0.05, 0.1) is 31.8 Å². The molecular weight excluding hydrogens is 252 g/mol. The number of carbonyl (C=O) groups is 2. The first-order valence-electron chi connectivity index (χ1n) is 6.60. The Balaban J connectivity index is 1.85. The maximum absolute atomic E-state index is 12.1. The molecule has 7 nitrogen and oxygen atoms in total. The van der Waals surface area contributed by atoms with Crippen LogP contribution >= 0.6 is 0 Å². The molecule has 2 rings (SSSR count). The van der Waals surface area contributed by atoms with Gasteiger partial charge in [0.2, 0.25) is 0 Å². The Hall–Kier alpha value is -1.34. The highest BCUT2D eigenvalue weighted by atomic mass is 16.5. The zero-order valence-corrected chi connectivity index (χ0v) is 10.7. The summed E-state index contributed by atoms with van der Waals surface area (Å²) in [6, 6.07) is -0.639. The number of rotatable bonds is 3. The van der Waals surface area contributed by atoms with Crippen molar-refractivity contribution < 1.29 is 24.5 Å². The lowest BCUT2D eigenvalue weighted by Crippen LogP contribution is -2.55. The summed E-state index contributed by atoms with van der Waals surface area (Å²) in [4.78, 5) is 24.5. The lowest BCUT2D eigenvalue weighted by molar-refractivity contribution is -0.141. The molecule has 3 N–H and O–H groups in total. The maximum Gasteiger partial charge on any atom is 0.318 e. The van der Waals surface area contributed by atoms with Gasteiger partial charge in [0, 0.05) is 12.6 Å². The van der Waals surface area contributed by atoms with E-state index in [0.29, 0.717) is 39.0 Å². The maximum atomic E-state index is 12.1. The largest absolute Gasteiger partial charge is 0.481 e. The number of morpholine rings is 1. The quantitative estimate of drug-likeness (QED) is 0.652. The van der Waals surface area contributed by atoms with Gasteiger partial charge in [-0.15, -0.1) is 0 Å². The van der Waals surface area contributed by atoms with E-state index < -0.39 is 5.97 Å². The van der Waals surface area contributed by atoms with Gasteiger partial charge < -0.3 is 25.2 Å². The van der Waals surface area contributed by atoms with Gasteiger partial charge in [-0.25, -0.2) is 4.79 Å². The second-order valence-electron chi connectivity index (χ2n) is 5.10. The van der Waals surface area contributed by atoms with E-state index in [4.69, 9.17) is 9.84 Å². The normalized spacial score (nSPS) is 31.2. The van der Waals surface area contributed by atoms with Crippen molar-refractivity contribution in [2.75, 3.05) is 26.4 Å². The summed E-state index contributed by atoms with van der Waals surface area (Å²) in [5.41, 5.74) is 0. The number of aliphatic hydroxyl groups is 1. The molecule has 2 fully saturated rings. The first kappa shape index (κ1) is 14.1. The van der Waals surface area contributed by atoms with E-state index in [1.165, 1.54) is 0 Å². The number of hydrogen-bond donors (Lipinski definition) is 3. The number of ether oxygens (including phenoxy) is 1. The van der Waals surface area contributed by atoms with Crippen molar-refractivity contribution in [1.82, 2.24) is 10.2 Å². The van der Waals surface area contributed by atoms with Crippen LogP contribution in [-0.2, 0) is 9.53 Å². The topological polar surface area (TPSA) is 99.1 Å². The monoisotopic (exact) mass is 272 g/mol. The number of nitrogens with one attached hydrogen (secondary N) is 1. The molecule has 0 radical (unpaired) electrons. The molecule has 2 amide bonds. The molecule has 1 unspecified atom stereocenters. The van der Waals surface area contributed by atoms with Gasteiger partial charge in [-0.2, -0.15) is 0 Å². The van der Waals surface area contributed by atoms with Crippen LogP contribution in [0.15, 0.2) is 0 Å². The smallest absolute Gasteiger partial charge is 0.318 e. The third-order valence-electron chi connectivity index (χ3n) is 3.81. The number of aliphatic carboxylic acids is 1. The summed E-state index contributed by atoms with van der Waals surface area (Å²) in [5.74, 6) is -1.15. The Kier molecular flexibility index (Phi) is 4.60. The van der Waals surface area contributed by atoms with E-state index in [1.54, 1.807) is 4.90 Å². The number of hydrogen-bond acceptors (Lipinski definition) is 4. The van der Waals surface area contributed by atoms with Crippen molar-refractivity contribution in [3.05, 3.63) is 0 Å². The van der Waals surface area contributed by atoms with Gasteiger partial charge in [0.15, 0.2) is 0 Å². The molecule has 1 aliphatic heterocycles. The first-order valence-corrected chi connectivity index (χ1v) is 6.60. The van der Waals surface area contributed by atoms with E-state index in [9.17, 15) is 14.7 Å². The fourth-order valence-corrected chi connectivity index (χ4v) is 2.67. The van der Waals surface area contributed by atoms with E-state index in [1.807, 2.05) is 0 Å². The van der Waals surface area contributed by atoms with Crippen LogP contribution in [0.3, 0.4) is 0 Å². The predicted molar refractivity (Wildman–Crippen MR) is 65.7 cm³/mol. The van der Waals surface area contributed by atoms with Gasteiger partial charge >= 0.3 is 12.0 Å². The van der Waals surface area contributed by atoms with Gasteiger partial charge in [-0.05, 0) is 19.3 Å². The molecule has 3 atom stereocenters. The van der Waals surface area contributed by atoms with Crippen LogP contribution in [0.1, 0.15) is 19.3 Å². The molecule has 19 heavy (non-hydrogen) atoms. The van der Waals surface area contributed by atoms with Crippen molar-refractivity contribution in [1.29, 1.82) is 0 Å². The standard InChI is InChI=1S/C12H20N2O5/c15-6-10-7-19-4-3-14(10)12(18)13-9-2-1-8(5-9)11(16)17/h8-10,15H,1-7H2,(H,13,18)(H,16,17)/t8-,9+,10?/m1/s1. The third kappa shape index (κ3) is 3.36. The molecule has 0 bridgehead atoms. The van der Waals surface area contributed by atoms with E-state index >= 15 is 0 Å². The highest BCUT2D eigenvalue weighted by Crippen LogP contribution is 2.25. The summed E-state index contributed by atoms with van der Waals surface area (Å²) in [6.45, 7) is 1.13. The van der Waals surface area contributed by atoms with Crippen LogP contribution in [0.25, 0.3) is 0 Å². The molecule has 1 saturated heterocycles. The molecule has 0 aromatic carbocycles. The minimum absolute atomic E-state index is 0.0872. The molecule has 7 heteroatoms. The van der Waals surface area contributed by atoms with E-state index in [-0.39, 0.29) is 30.6 Å². The van der Waals surface area contributed by atoms with Crippen LogP contribution < -0.4 is 5.32 Å². The number of carbonyl (C=O) groups excluding carboxylic acids is 1. The molecule has 0 aromatic rings. The Labute approximate surface area is 111 Å². The van der Waals surface area contributed by atoms with Gasteiger partial charge in [-0.1, -0.05) is 0 Å². The fourth-order valence-electron chi connectivity index (χ4n) is 2.67. The van der Waals surface area contributed by atoms with Gasteiger partial charge in [-0.3, -0.25) is 4.79 Å². The van der Waals surface area contributed by atoms with Gasteiger partial charge in [0.1, 0.15) is 0 Å². The predicted octanol–water partition coefficient (Wildman–Crippen LogP) is -0.358. The second kappa shape index (κ2) is 6.21. The number of aliphatic hydroxyl groups excluding tert-OH is 1. The third-order valence-corrected chi connectivity index (χ3v) is 3.81.